The van der Waals surface area contributed by atoms with Crippen LogP contribution in [-0.4, -0.2) is 15.5 Å². The lowest BCUT2D eigenvalue weighted by molar-refractivity contribution is 0.0992. The number of halogens is 2. The van der Waals surface area contributed by atoms with Crippen LogP contribution in [0.5, 0.6) is 0 Å². The van der Waals surface area contributed by atoms with Gasteiger partial charge in [-0.15, -0.1) is 0 Å². The molecule has 0 saturated carbocycles. The molecule has 2 heterocycles. The minimum Gasteiger partial charge on any atom is -0.301 e. The number of nitrogens with zero attached hydrogens (tertiary/aromatic N) is 3. The summed E-state index contributed by atoms with van der Waals surface area (Å²) >= 11 is 12.5. The number of hydrogen-bond donors (Lipinski definition) is 0. The molecule has 4 nitrogen and oxygen atoms in total. The van der Waals surface area contributed by atoms with E-state index in [2.05, 4.69) is 0 Å². The lowest BCUT2D eigenvalue weighted by atomic mass is 10.2. The highest BCUT2D eigenvalue weighted by Crippen LogP contribution is 2.36. The predicted octanol–water partition coefficient (Wildman–Crippen LogP) is 6.01. The van der Waals surface area contributed by atoms with Crippen LogP contribution < -0.4 is 4.90 Å². The number of hydrogen-bond acceptors (Lipinski definition) is 2. The van der Waals surface area contributed by atoms with Crippen molar-refractivity contribution >= 4 is 34.8 Å². The van der Waals surface area contributed by atoms with Gasteiger partial charge >= 0.3 is 0 Å². The molecule has 0 fully saturated rings. The van der Waals surface area contributed by atoms with Crippen molar-refractivity contribution in [2.75, 3.05) is 4.90 Å². The Bertz CT molecular complexity index is 1220. The number of rotatable bonds is 3. The van der Waals surface area contributed by atoms with Crippen molar-refractivity contribution in [3.63, 3.8) is 0 Å². The predicted molar refractivity (Wildman–Crippen MR) is 116 cm³/mol. The first kappa shape index (κ1) is 18.0. The Morgan fingerprint density at radius 1 is 0.793 bits per heavy atom. The first-order chi connectivity index (χ1) is 14.1. The number of para-hydroxylation sites is 1. The van der Waals surface area contributed by atoms with Crippen molar-refractivity contribution in [2.45, 2.75) is 6.54 Å². The number of aromatic nitrogens is 2. The maximum Gasteiger partial charge on any atom is 0.279 e. The molecule has 1 aromatic heterocycles. The van der Waals surface area contributed by atoms with Crippen molar-refractivity contribution in [3.05, 3.63) is 100 Å². The molecular weight excluding hydrogens is 405 g/mol. The van der Waals surface area contributed by atoms with E-state index >= 15 is 0 Å². The van der Waals surface area contributed by atoms with E-state index in [0.29, 0.717) is 28.1 Å². The maximum atomic E-state index is 13.2. The molecule has 0 spiro atoms. The van der Waals surface area contributed by atoms with Gasteiger partial charge in [-0.25, -0.2) is 4.98 Å². The number of carbonyl (C=O) groups is 1. The van der Waals surface area contributed by atoms with Gasteiger partial charge in [0, 0.05) is 22.0 Å². The minimum absolute atomic E-state index is 0.118. The number of fused-ring (bicyclic) bond motifs is 1. The van der Waals surface area contributed by atoms with E-state index in [9.17, 15) is 4.79 Å². The van der Waals surface area contributed by atoms with Crippen molar-refractivity contribution in [1.82, 2.24) is 9.55 Å². The van der Waals surface area contributed by atoms with Crippen LogP contribution in [0.25, 0.3) is 17.1 Å². The first-order valence-corrected chi connectivity index (χ1v) is 9.88. The monoisotopic (exact) mass is 419 g/mol. The molecule has 5 rings (SSSR count). The van der Waals surface area contributed by atoms with Crippen molar-refractivity contribution in [2.24, 2.45) is 0 Å². The van der Waals surface area contributed by atoms with Gasteiger partial charge in [0.1, 0.15) is 5.82 Å². The quantitative estimate of drug-likeness (QED) is 0.407. The Morgan fingerprint density at radius 3 is 2.21 bits per heavy atom. The Kier molecular flexibility index (Phi) is 4.38. The van der Waals surface area contributed by atoms with Crippen molar-refractivity contribution in [1.29, 1.82) is 0 Å². The summed E-state index contributed by atoms with van der Waals surface area (Å²) < 4.78 is 1.99. The Morgan fingerprint density at radius 2 is 1.48 bits per heavy atom. The van der Waals surface area contributed by atoms with E-state index in [-0.39, 0.29) is 5.91 Å². The third kappa shape index (κ3) is 3.01. The summed E-state index contributed by atoms with van der Waals surface area (Å²) in [7, 11) is 0. The fourth-order valence-electron chi connectivity index (χ4n) is 3.63. The third-order valence-electron chi connectivity index (χ3n) is 5.00. The first-order valence-electron chi connectivity index (χ1n) is 9.13. The van der Waals surface area contributed by atoms with E-state index in [1.807, 2.05) is 83.4 Å². The van der Waals surface area contributed by atoms with E-state index < -0.39 is 0 Å². The van der Waals surface area contributed by atoms with Gasteiger partial charge in [0.25, 0.3) is 5.91 Å². The fourth-order valence-corrected chi connectivity index (χ4v) is 3.97. The molecule has 0 radical (unpaired) electrons. The SMILES string of the molecule is O=C1c2nc(-c3ccccc3Cl)n(-c3ccc(Cl)cc3)c2CN1c1ccccc1. The Labute approximate surface area is 177 Å². The molecular formula is C23H15Cl2N3O. The number of benzene rings is 3. The van der Waals surface area contributed by atoms with Gasteiger partial charge in [0.05, 0.1) is 17.3 Å². The van der Waals surface area contributed by atoms with Gasteiger partial charge in [0.15, 0.2) is 5.69 Å². The van der Waals surface area contributed by atoms with Crippen LogP contribution in [0.4, 0.5) is 5.69 Å². The van der Waals surface area contributed by atoms with Crippen LogP contribution in [0, 0.1) is 0 Å². The third-order valence-corrected chi connectivity index (χ3v) is 5.58. The van der Waals surface area contributed by atoms with E-state index in [0.717, 1.165) is 22.6 Å². The molecule has 1 aliphatic heterocycles. The fraction of sp³-hybridized carbons (Fsp3) is 0.0435. The molecule has 0 N–H and O–H groups in total. The van der Waals surface area contributed by atoms with Gasteiger partial charge in [-0.3, -0.25) is 9.36 Å². The zero-order valence-corrected chi connectivity index (χ0v) is 16.7. The molecule has 0 aliphatic carbocycles. The molecule has 4 aromatic rings. The van der Waals surface area contributed by atoms with Crippen LogP contribution >= 0.6 is 23.2 Å². The molecule has 142 valence electrons. The topological polar surface area (TPSA) is 38.1 Å². The van der Waals surface area contributed by atoms with Crippen LogP contribution in [0.2, 0.25) is 10.0 Å². The van der Waals surface area contributed by atoms with E-state index in [1.54, 1.807) is 4.90 Å². The molecule has 1 aliphatic rings. The molecule has 0 saturated heterocycles. The Hall–Kier alpha value is -3.08. The second-order valence-corrected chi connectivity index (χ2v) is 7.59. The summed E-state index contributed by atoms with van der Waals surface area (Å²) in [5, 5.41) is 1.23. The molecule has 0 bridgehead atoms. The average molecular weight is 420 g/mol. The highest BCUT2D eigenvalue weighted by molar-refractivity contribution is 6.33. The normalized spacial score (nSPS) is 13.0. The summed E-state index contributed by atoms with van der Waals surface area (Å²) in [5.41, 5.74) is 3.77. The lowest BCUT2D eigenvalue weighted by Gasteiger charge is -2.18. The summed E-state index contributed by atoms with van der Waals surface area (Å²) in [6.07, 6.45) is 0. The van der Waals surface area contributed by atoms with Crippen LogP contribution in [0.1, 0.15) is 16.2 Å². The summed E-state index contributed by atoms with van der Waals surface area (Å²) in [5.74, 6) is 0.524. The molecule has 29 heavy (non-hydrogen) atoms. The maximum absolute atomic E-state index is 13.2. The molecule has 0 atom stereocenters. The molecule has 6 heteroatoms. The van der Waals surface area contributed by atoms with Crippen molar-refractivity contribution < 1.29 is 4.79 Å². The van der Waals surface area contributed by atoms with E-state index in [1.165, 1.54) is 0 Å². The number of anilines is 1. The second kappa shape index (κ2) is 7.07. The number of imidazole rings is 1. The largest absolute Gasteiger partial charge is 0.301 e. The number of carbonyl (C=O) groups excluding carboxylic acids is 1. The zero-order chi connectivity index (χ0) is 20.0. The standard InChI is InChI=1S/C23H15Cl2N3O/c24-15-10-12-17(13-11-15)28-20-14-27(16-6-2-1-3-7-16)23(29)21(20)26-22(28)18-8-4-5-9-19(18)25/h1-13H,14H2. The smallest absolute Gasteiger partial charge is 0.279 e. The average Bonchev–Trinajstić information content (AvgIpc) is 3.26. The second-order valence-electron chi connectivity index (χ2n) is 6.75. The van der Waals surface area contributed by atoms with Crippen molar-refractivity contribution in [3.8, 4) is 17.1 Å². The van der Waals surface area contributed by atoms with Gasteiger partial charge in [-0.05, 0) is 48.5 Å². The van der Waals surface area contributed by atoms with Gasteiger partial charge in [-0.2, -0.15) is 0 Å². The van der Waals surface area contributed by atoms with Gasteiger partial charge in [0.2, 0.25) is 0 Å². The van der Waals surface area contributed by atoms with Crippen LogP contribution in [0.3, 0.4) is 0 Å². The highest BCUT2D eigenvalue weighted by Gasteiger charge is 2.36. The van der Waals surface area contributed by atoms with Gasteiger partial charge in [-0.1, -0.05) is 53.5 Å². The highest BCUT2D eigenvalue weighted by atomic mass is 35.5. The molecule has 0 unspecified atom stereocenters. The minimum atomic E-state index is -0.118. The summed E-state index contributed by atoms with van der Waals surface area (Å²) in [6.45, 7) is 0.429. The van der Waals surface area contributed by atoms with Crippen LogP contribution in [0.15, 0.2) is 78.9 Å². The summed E-state index contributed by atoms with van der Waals surface area (Å²) in [6, 6.07) is 24.6. The summed E-state index contributed by atoms with van der Waals surface area (Å²) in [4.78, 5) is 19.6. The van der Waals surface area contributed by atoms with Gasteiger partial charge < -0.3 is 4.90 Å². The zero-order valence-electron chi connectivity index (χ0n) is 15.2. The molecule has 1 amide bonds. The lowest BCUT2D eigenvalue weighted by Crippen LogP contribution is -2.24. The number of amides is 1. The molecule has 3 aromatic carbocycles. The van der Waals surface area contributed by atoms with E-state index in [4.69, 9.17) is 28.2 Å². The van der Waals surface area contributed by atoms with Crippen LogP contribution in [-0.2, 0) is 6.54 Å². The Balaban J connectivity index is 1.70.